The molecule has 0 bridgehead atoms. The normalized spacial score (nSPS) is 9.71. The number of nitrogens with zero attached hydrogens (tertiary/aromatic N) is 1. The maximum Gasteiger partial charge on any atom is 0.327 e. The zero-order valence-electron chi connectivity index (χ0n) is 5.02. The van der Waals surface area contributed by atoms with E-state index in [4.69, 9.17) is 5.73 Å². The van der Waals surface area contributed by atoms with Gasteiger partial charge in [0.25, 0.3) is 6.07 Å². The molecule has 0 saturated carbocycles. The first-order chi connectivity index (χ1) is 3.06. The fourth-order valence-electron chi connectivity index (χ4n) is 0.288. The molecule has 0 unspecified atom stereocenters. The molecule has 0 rings (SSSR count). The smallest absolute Gasteiger partial charge is 0.255 e. The third-order valence-electron chi connectivity index (χ3n) is 0.400. The van der Waals surface area contributed by atoms with E-state index in [1.807, 2.05) is 13.8 Å². The lowest BCUT2D eigenvalue weighted by Gasteiger charge is -1.91. The lowest BCUT2D eigenvalue weighted by Crippen LogP contribution is -2.26. The van der Waals surface area contributed by atoms with E-state index in [0.717, 1.165) is 0 Å². The fraction of sp³-hybridized carbons (Fsp3) is 0.800. The van der Waals surface area contributed by atoms with Crippen LogP contribution >= 0.6 is 0 Å². The zero-order valence-corrected chi connectivity index (χ0v) is 5.02. The van der Waals surface area contributed by atoms with Crippen LogP contribution in [0.15, 0.2) is 0 Å². The third kappa shape index (κ3) is 5.45. The highest BCUT2D eigenvalue weighted by Gasteiger charge is 2.18. The average molecular weight is 99.2 g/mol. The Morgan fingerprint density at radius 3 is 2.00 bits per heavy atom. The van der Waals surface area contributed by atoms with Gasteiger partial charge in [-0.1, -0.05) is 4.85 Å². The molecule has 0 aromatic carbocycles. The van der Waals surface area contributed by atoms with Gasteiger partial charge in [-0.15, -0.1) is 0 Å². The van der Waals surface area contributed by atoms with Crippen molar-refractivity contribution < 1.29 is 0 Å². The van der Waals surface area contributed by atoms with Crippen molar-refractivity contribution in [1.29, 1.82) is 0 Å². The number of rotatable bonds is 0. The van der Waals surface area contributed by atoms with Gasteiger partial charge in [-0.2, -0.15) is 0 Å². The molecule has 0 fully saturated rings. The summed E-state index contributed by atoms with van der Waals surface area (Å²) in [5.74, 6) is 0. The molecular formula is C5H11N2+. The molecule has 2 heteroatoms. The Hall–Kier alpha value is -0.550. The van der Waals surface area contributed by atoms with E-state index in [-0.39, 0.29) is 0 Å². The van der Waals surface area contributed by atoms with E-state index >= 15 is 0 Å². The van der Waals surface area contributed by atoms with E-state index in [1.54, 1.807) is 6.92 Å². The Morgan fingerprint density at radius 2 is 2.00 bits per heavy atom. The molecule has 7 heavy (non-hydrogen) atoms. The van der Waals surface area contributed by atoms with Crippen molar-refractivity contribution in [3.05, 3.63) is 4.85 Å². The van der Waals surface area contributed by atoms with Crippen LogP contribution in [0.2, 0.25) is 0 Å². The van der Waals surface area contributed by atoms with Crippen LogP contribution < -0.4 is 5.73 Å². The first kappa shape index (κ1) is 6.45. The molecule has 40 valence electrons. The molecule has 0 aromatic rings. The van der Waals surface area contributed by atoms with Crippen molar-refractivity contribution in [1.82, 2.24) is 0 Å². The molecule has 0 radical (unpaired) electrons. The van der Waals surface area contributed by atoms with Gasteiger partial charge in [0, 0.05) is 13.8 Å². The van der Waals surface area contributed by atoms with E-state index in [0.29, 0.717) is 0 Å². The van der Waals surface area contributed by atoms with Gasteiger partial charge in [0.1, 0.15) is 0 Å². The molecule has 0 atom stereocenters. The maximum atomic E-state index is 5.42. The Morgan fingerprint density at radius 1 is 1.57 bits per heavy atom. The van der Waals surface area contributed by atoms with E-state index in [2.05, 4.69) is 10.9 Å². The van der Waals surface area contributed by atoms with Gasteiger partial charge in [-0.3, -0.25) is 5.73 Å². The summed E-state index contributed by atoms with van der Waals surface area (Å²) in [6.45, 7) is 5.38. The van der Waals surface area contributed by atoms with Gasteiger partial charge in [-0.25, -0.2) is 0 Å². The molecule has 0 aromatic heterocycles. The fourth-order valence-corrected chi connectivity index (χ4v) is 0.288. The number of hydrogen-bond donors (Lipinski definition) is 1. The van der Waals surface area contributed by atoms with Gasteiger partial charge < -0.3 is 0 Å². The minimum atomic E-state index is -0.436. The number of hydrogen-bond acceptors (Lipinski definition) is 1. The zero-order chi connectivity index (χ0) is 5.91. The van der Waals surface area contributed by atoms with Crippen LogP contribution in [0, 0.1) is 6.07 Å². The minimum Gasteiger partial charge on any atom is -0.255 e. The van der Waals surface area contributed by atoms with Crippen molar-refractivity contribution in [3.63, 3.8) is 0 Å². The molecule has 0 saturated heterocycles. The van der Waals surface area contributed by atoms with E-state index in [9.17, 15) is 0 Å². The Balaban J connectivity index is 3.72. The van der Waals surface area contributed by atoms with Crippen LogP contribution in [-0.4, -0.2) is 5.66 Å². The quantitative estimate of drug-likeness (QED) is 0.483. The van der Waals surface area contributed by atoms with Gasteiger partial charge in [0.15, 0.2) is 0 Å². The number of nitrogens with two attached hydrogens (primary N) is 1. The summed E-state index contributed by atoms with van der Waals surface area (Å²) in [6.07, 6.45) is 0. The Kier molecular flexibility index (Phi) is 1.79. The van der Waals surface area contributed by atoms with E-state index < -0.39 is 5.66 Å². The Bertz CT molecular complexity index is 99.5. The van der Waals surface area contributed by atoms with Gasteiger partial charge in [-0.05, 0) is 0 Å². The lowest BCUT2D eigenvalue weighted by molar-refractivity contribution is 0.649. The Labute approximate surface area is 44.1 Å². The standard InChI is InChI=1S/C5H11N2/c1-4-7-5(2,3)6/h6H2,1-3H3/q+1. The highest BCUT2D eigenvalue weighted by atomic mass is 15.0. The second-order valence-electron chi connectivity index (χ2n) is 1.99. The SMILES string of the molecule is CC#[N+]C(C)(C)N. The second kappa shape index (κ2) is 1.94. The van der Waals surface area contributed by atoms with Crippen LogP contribution in [0.5, 0.6) is 0 Å². The van der Waals surface area contributed by atoms with Crippen LogP contribution in [0.1, 0.15) is 20.8 Å². The summed E-state index contributed by atoms with van der Waals surface area (Å²) >= 11 is 0. The molecule has 2 N–H and O–H groups in total. The molecule has 0 heterocycles. The first-order valence-electron chi connectivity index (χ1n) is 2.24. The minimum absolute atomic E-state index is 0.436. The van der Waals surface area contributed by atoms with Crippen LogP contribution in [0.4, 0.5) is 0 Å². The maximum absolute atomic E-state index is 5.42. The third-order valence-corrected chi connectivity index (χ3v) is 0.400. The summed E-state index contributed by atoms with van der Waals surface area (Å²) < 4.78 is 0. The lowest BCUT2D eigenvalue weighted by atomic mass is 10.3. The summed E-state index contributed by atoms with van der Waals surface area (Å²) in [4.78, 5) is 3.78. The van der Waals surface area contributed by atoms with Crippen molar-refractivity contribution in [3.8, 4) is 6.07 Å². The largest absolute Gasteiger partial charge is 0.327 e. The molecular weight excluding hydrogens is 88.1 g/mol. The van der Waals surface area contributed by atoms with Gasteiger partial charge in [0.05, 0.1) is 6.92 Å². The van der Waals surface area contributed by atoms with Crippen LogP contribution in [-0.2, 0) is 0 Å². The summed E-state index contributed by atoms with van der Waals surface area (Å²) in [5, 5.41) is 0. The molecule has 0 aliphatic rings. The van der Waals surface area contributed by atoms with Crippen molar-refractivity contribution in [2.75, 3.05) is 0 Å². The summed E-state index contributed by atoms with van der Waals surface area (Å²) in [7, 11) is 0. The molecule has 0 amide bonds. The monoisotopic (exact) mass is 99.1 g/mol. The predicted octanol–water partition coefficient (Wildman–Crippen LogP) is 1.03. The van der Waals surface area contributed by atoms with Crippen molar-refractivity contribution in [2.45, 2.75) is 26.4 Å². The topological polar surface area (TPSA) is 30.4 Å². The molecule has 2 nitrogen and oxygen atoms in total. The average Bonchev–Trinajstić information content (AvgIpc) is 1.30. The molecule has 0 spiro atoms. The highest BCUT2D eigenvalue weighted by Crippen LogP contribution is 1.95. The van der Waals surface area contributed by atoms with Gasteiger partial charge >= 0.3 is 5.66 Å². The molecule has 0 aliphatic heterocycles. The predicted molar refractivity (Wildman–Crippen MR) is 31.2 cm³/mol. The van der Waals surface area contributed by atoms with Crippen molar-refractivity contribution >= 4 is 0 Å². The van der Waals surface area contributed by atoms with E-state index in [1.165, 1.54) is 0 Å². The van der Waals surface area contributed by atoms with Crippen LogP contribution in [0.25, 0.3) is 4.85 Å². The van der Waals surface area contributed by atoms with Gasteiger partial charge in [0.2, 0.25) is 0 Å². The first-order valence-corrected chi connectivity index (χ1v) is 2.24. The summed E-state index contributed by atoms with van der Waals surface area (Å²) in [5.41, 5.74) is 4.98. The highest BCUT2D eigenvalue weighted by molar-refractivity contribution is 4.92. The summed E-state index contributed by atoms with van der Waals surface area (Å²) in [6, 6.07) is 2.61. The van der Waals surface area contributed by atoms with Crippen molar-refractivity contribution in [2.24, 2.45) is 5.73 Å². The van der Waals surface area contributed by atoms with Crippen LogP contribution in [0.3, 0.4) is 0 Å². The second-order valence-corrected chi connectivity index (χ2v) is 1.99. The molecule has 0 aliphatic carbocycles.